The topological polar surface area (TPSA) is 95.9 Å². The highest BCUT2D eigenvalue weighted by molar-refractivity contribution is 7.89. The number of benzene rings is 2. The van der Waals surface area contributed by atoms with Crippen molar-refractivity contribution in [3.63, 3.8) is 0 Å². The fourth-order valence-electron chi connectivity index (χ4n) is 3.62. The third-order valence-corrected chi connectivity index (χ3v) is 7.21. The highest BCUT2D eigenvalue weighted by atomic mass is 35.5. The Balaban J connectivity index is 2.05. The average molecular weight is 443 g/mol. The van der Waals surface area contributed by atoms with E-state index in [4.69, 9.17) is 16.3 Å². The van der Waals surface area contributed by atoms with Gasteiger partial charge in [-0.2, -0.15) is 4.31 Å². The monoisotopic (exact) mass is 442 g/mol. The van der Waals surface area contributed by atoms with Gasteiger partial charge in [-0.25, -0.2) is 18.3 Å². The molecule has 0 aromatic heterocycles. The number of carbonyl (C=O) groups excluding carboxylic acids is 1. The van der Waals surface area contributed by atoms with E-state index in [1.807, 2.05) is 0 Å². The number of rotatable bonds is 5. The largest absolute Gasteiger partial charge is 0.497 e. The van der Waals surface area contributed by atoms with Gasteiger partial charge < -0.3 is 4.74 Å². The van der Waals surface area contributed by atoms with Crippen molar-refractivity contribution in [2.75, 3.05) is 13.7 Å². The smallest absolute Gasteiger partial charge is 0.262 e. The van der Waals surface area contributed by atoms with Crippen molar-refractivity contribution in [3.05, 3.63) is 58.9 Å². The molecular formula is C19H20ClFN2O5S. The van der Waals surface area contributed by atoms with Gasteiger partial charge in [-0.15, -0.1) is 0 Å². The molecule has 2 N–H and O–H groups in total. The van der Waals surface area contributed by atoms with Gasteiger partial charge in [0.25, 0.3) is 5.91 Å². The van der Waals surface area contributed by atoms with Crippen LogP contribution in [0, 0.1) is 5.82 Å². The molecular weight excluding hydrogens is 423 g/mol. The van der Waals surface area contributed by atoms with E-state index in [1.54, 1.807) is 5.48 Å². The molecule has 10 heteroatoms. The molecule has 0 radical (unpaired) electrons. The van der Waals surface area contributed by atoms with Crippen LogP contribution in [0.3, 0.4) is 0 Å². The van der Waals surface area contributed by atoms with E-state index < -0.39 is 33.7 Å². The highest BCUT2D eigenvalue weighted by Gasteiger charge is 2.44. The number of carbonyl (C=O) groups is 1. The molecule has 0 saturated carbocycles. The fraction of sp³-hybridized carbons (Fsp3) is 0.316. The van der Waals surface area contributed by atoms with Crippen molar-refractivity contribution in [1.29, 1.82) is 0 Å². The van der Waals surface area contributed by atoms with Crippen molar-refractivity contribution in [3.8, 4) is 5.75 Å². The molecule has 2 atom stereocenters. The van der Waals surface area contributed by atoms with Crippen molar-refractivity contribution in [2.45, 2.75) is 29.7 Å². The van der Waals surface area contributed by atoms with Crippen LogP contribution >= 0.6 is 11.6 Å². The Morgan fingerprint density at radius 3 is 2.55 bits per heavy atom. The lowest BCUT2D eigenvalue weighted by atomic mass is 9.84. The number of halogens is 2. The molecule has 156 valence electrons. The molecule has 0 aliphatic carbocycles. The van der Waals surface area contributed by atoms with E-state index in [2.05, 4.69) is 0 Å². The Labute approximate surface area is 173 Å². The molecule has 1 aliphatic rings. The summed E-state index contributed by atoms with van der Waals surface area (Å²) in [4.78, 5) is 12.5. The Morgan fingerprint density at radius 1 is 1.28 bits per heavy atom. The number of hydrogen-bond donors (Lipinski definition) is 2. The van der Waals surface area contributed by atoms with Crippen LogP contribution in [0.1, 0.15) is 24.3 Å². The van der Waals surface area contributed by atoms with Gasteiger partial charge in [0.15, 0.2) is 0 Å². The maximum atomic E-state index is 13.5. The van der Waals surface area contributed by atoms with E-state index in [0.717, 1.165) is 10.4 Å². The molecule has 0 bridgehead atoms. The SMILES string of the molecule is COc1ccc(S(=O)(=O)N2CCC[C@@H](c3ccc(F)cc3Cl)[C@@H]2C(=O)NO)cc1. The van der Waals surface area contributed by atoms with Gasteiger partial charge in [0, 0.05) is 17.5 Å². The van der Waals surface area contributed by atoms with Crippen LogP contribution in [0.2, 0.25) is 5.02 Å². The van der Waals surface area contributed by atoms with Crippen LogP contribution in [0.4, 0.5) is 4.39 Å². The molecule has 1 amide bonds. The Kier molecular flexibility index (Phi) is 6.42. The third-order valence-electron chi connectivity index (χ3n) is 4.99. The average Bonchev–Trinajstić information content (AvgIpc) is 2.72. The first kappa shape index (κ1) is 21.5. The molecule has 2 aromatic carbocycles. The van der Waals surface area contributed by atoms with E-state index in [-0.39, 0.29) is 16.5 Å². The first-order valence-corrected chi connectivity index (χ1v) is 10.7. The zero-order valence-corrected chi connectivity index (χ0v) is 17.1. The lowest BCUT2D eigenvalue weighted by Crippen LogP contribution is -2.54. The highest BCUT2D eigenvalue weighted by Crippen LogP contribution is 2.39. The van der Waals surface area contributed by atoms with E-state index in [0.29, 0.717) is 24.2 Å². The number of sulfonamides is 1. The minimum atomic E-state index is -4.06. The Hall–Kier alpha value is -2.20. The van der Waals surface area contributed by atoms with Crippen molar-refractivity contribution < 1.29 is 27.5 Å². The molecule has 1 aliphatic heterocycles. The van der Waals surface area contributed by atoms with Crippen molar-refractivity contribution in [2.24, 2.45) is 0 Å². The number of nitrogens with one attached hydrogen (secondary N) is 1. The maximum Gasteiger partial charge on any atom is 0.262 e. The van der Waals surface area contributed by atoms with E-state index in [1.165, 1.54) is 43.5 Å². The Bertz CT molecular complexity index is 1000. The summed E-state index contributed by atoms with van der Waals surface area (Å²) in [7, 11) is -2.60. The molecule has 0 unspecified atom stereocenters. The maximum absolute atomic E-state index is 13.5. The van der Waals surface area contributed by atoms with Crippen LogP contribution in [0.15, 0.2) is 47.4 Å². The number of hydroxylamine groups is 1. The number of piperidine rings is 1. The quantitative estimate of drug-likeness (QED) is 0.548. The van der Waals surface area contributed by atoms with Gasteiger partial charge in [-0.1, -0.05) is 17.7 Å². The summed E-state index contributed by atoms with van der Waals surface area (Å²) < 4.78 is 46.1. The van der Waals surface area contributed by atoms with Gasteiger partial charge >= 0.3 is 0 Å². The molecule has 2 aromatic rings. The second kappa shape index (κ2) is 8.66. The predicted octanol–water partition coefficient (Wildman–Crippen LogP) is 2.93. The standard InChI is InChI=1S/C19H20ClFN2O5S/c1-28-13-5-7-14(8-6-13)29(26,27)23-10-2-3-16(18(23)19(24)22-25)15-9-4-12(21)11-17(15)20/h4-9,11,16,18,25H,2-3,10H2,1H3,(H,22,24)/t16-,18+/m0/s1. The molecule has 7 nitrogen and oxygen atoms in total. The minimum Gasteiger partial charge on any atom is -0.497 e. The summed E-state index contributed by atoms with van der Waals surface area (Å²) in [6.07, 6.45) is 0.904. The lowest BCUT2D eigenvalue weighted by molar-refractivity contribution is -0.134. The summed E-state index contributed by atoms with van der Waals surface area (Å²) in [5.41, 5.74) is 2.00. The molecule has 29 heavy (non-hydrogen) atoms. The van der Waals surface area contributed by atoms with E-state index in [9.17, 15) is 22.8 Å². The molecule has 0 spiro atoms. The van der Waals surface area contributed by atoms with Gasteiger partial charge in [0.1, 0.15) is 17.6 Å². The van der Waals surface area contributed by atoms with Gasteiger partial charge in [-0.3, -0.25) is 10.0 Å². The number of ether oxygens (including phenoxy) is 1. The van der Waals surface area contributed by atoms with Crippen LogP contribution in [0.25, 0.3) is 0 Å². The first-order chi connectivity index (χ1) is 13.8. The Morgan fingerprint density at radius 2 is 1.97 bits per heavy atom. The predicted molar refractivity (Wildman–Crippen MR) is 104 cm³/mol. The summed E-state index contributed by atoms with van der Waals surface area (Å²) in [6, 6.07) is 8.28. The summed E-state index contributed by atoms with van der Waals surface area (Å²) in [5, 5.41) is 9.35. The van der Waals surface area contributed by atoms with Crippen LogP contribution < -0.4 is 10.2 Å². The fourth-order valence-corrected chi connectivity index (χ4v) is 5.59. The number of methoxy groups -OCH3 is 1. The molecule has 1 heterocycles. The van der Waals surface area contributed by atoms with Gasteiger partial charge in [0.2, 0.25) is 10.0 Å². The van der Waals surface area contributed by atoms with Crippen LogP contribution in [0.5, 0.6) is 5.75 Å². The number of amides is 1. The molecule has 1 saturated heterocycles. The second-order valence-electron chi connectivity index (χ2n) is 6.63. The van der Waals surface area contributed by atoms with E-state index >= 15 is 0 Å². The zero-order chi connectivity index (χ0) is 21.2. The first-order valence-electron chi connectivity index (χ1n) is 8.84. The minimum absolute atomic E-state index is 0.0140. The van der Waals surface area contributed by atoms with Crippen LogP contribution in [-0.4, -0.2) is 43.5 Å². The van der Waals surface area contributed by atoms with Crippen molar-refractivity contribution in [1.82, 2.24) is 9.79 Å². The lowest BCUT2D eigenvalue weighted by Gasteiger charge is -2.39. The summed E-state index contributed by atoms with van der Waals surface area (Å²) in [6.45, 7) is 0.0851. The van der Waals surface area contributed by atoms with Crippen LogP contribution in [-0.2, 0) is 14.8 Å². The van der Waals surface area contributed by atoms with Crippen molar-refractivity contribution >= 4 is 27.5 Å². The normalized spacial score (nSPS) is 20.3. The molecule has 3 rings (SSSR count). The second-order valence-corrected chi connectivity index (χ2v) is 8.92. The summed E-state index contributed by atoms with van der Waals surface area (Å²) in [5.74, 6) is -1.59. The zero-order valence-electron chi connectivity index (χ0n) is 15.5. The number of hydrogen-bond acceptors (Lipinski definition) is 5. The molecule has 1 fully saturated rings. The van der Waals surface area contributed by atoms with Gasteiger partial charge in [-0.05, 0) is 54.8 Å². The summed E-state index contributed by atoms with van der Waals surface area (Å²) >= 11 is 6.17. The van der Waals surface area contributed by atoms with Gasteiger partial charge in [0.05, 0.1) is 12.0 Å². The third kappa shape index (κ3) is 4.23. The number of nitrogens with zero attached hydrogens (tertiary/aromatic N) is 1.